The molecule has 6 aliphatic rings. The van der Waals surface area contributed by atoms with Crippen LogP contribution >= 0.6 is 0 Å². The van der Waals surface area contributed by atoms with Gasteiger partial charge in [-0.15, -0.1) is 0 Å². The van der Waals surface area contributed by atoms with Gasteiger partial charge in [-0.25, -0.2) is 14.6 Å². The highest BCUT2D eigenvalue weighted by atomic mass is 16.7. The molecule has 3 aliphatic heterocycles. The molecule has 0 radical (unpaired) electrons. The summed E-state index contributed by atoms with van der Waals surface area (Å²) in [6.45, 7) is 6.72. The molecule has 9 rings (SSSR count). The van der Waals surface area contributed by atoms with E-state index in [0.29, 0.717) is 47.7 Å². The van der Waals surface area contributed by atoms with Gasteiger partial charge in [0.15, 0.2) is 17.1 Å². The van der Waals surface area contributed by atoms with Gasteiger partial charge in [-0.2, -0.15) is 0 Å². The number of hydrogen-bond donors (Lipinski definition) is 5. The molecular formula is C35H37N5O10. The summed E-state index contributed by atoms with van der Waals surface area (Å²) in [5.41, 5.74) is 0.916. The van der Waals surface area contributed by atoms with Crippen molar-refractivity contribution in [1.82, 2.24) is 25.5 Å². The number of amides is 3. The van der Waals surface area contributed by atoms with Crippen LogP contribution in [0.5, 0.6) is 11.5 Å². The van der Waals surface area contributed by atoms with E-state index in [2.05, 4.69) is 16.0 Å². The third kappa shape index (κ3) is 4.44. The summed E-state index contributed by atoms with van der Waals surface area (Å²) in [5.74, 6) is -0.931. The molecule has 3 aromatic rings. The van der Waals surface area contributed by atoms with Gasteiger partial charge in [0, 0.05) is 33.5 Å². The lowest BCUT2D eigenvalue weighted by Crippen LogP contribution is -2.77. The number of aliphatic hydroxyl groups is 1. The third-order valence-electron chi connectivity index (χ3n) is 11.1. The molecule has 5 N–H and O–H groups in total. The molecule has 1 aromatic carbocycles. The Bertz CT molecular complexity index is 2100. The van der Waals surface area contributed by atoms with Crippen molar-refractivity contribution in [3.63, 3.8) is 0 Å². The van der Waals surface area contributed by atoms with Gasteiger partial charge < -0.3 is 44.9 Å². The highest BCUT2D eigenvalue weighted by Gasteiger charge is 2.70. The summed E-state index contributed by atoms with van der Waals surface area (Å²) in [4.78, 5) is 68.9. The summed E-state index contributed by atoms with van der Waals surface area (Å²) >= 11 is 0. The van der Waals surface area contributed by atoms with Crippen molar-refractivity contribution < 1.29 is 43.6 Å². The maximum absolute atomic E-state index is 13.9. The van der Waals surface area contributed by atoms with Crippen molar-refractivity contribution in [3.8, 4) is 22.9 Å². The van der Waals surface area contributed by atoms with Crippen LogP contribution in [0.1, 0.15) is 75.6 Å². The lowest BCUT2D eigenvalue weighted by Gasteiger charge is -2.71. The zero-order chi connectivity index (χ0) is 35.5. The Morgan fingerprint density at radius 1 is 0.980 bits per heavy atom. The summed E-state index contributed by atoms with van der Waals surface area (Å²) in [6.07, 6.45) is 0.545. The van der Waals surface area contributed by atoms with E-state index in [9.17, 15) is 29.1 Å². The first-order valence-electron chi connectivity index (χ1n) is 16.7. The average Bonchev–Trinajstić information content (AvgIpc) is 3.65. The Balaban J connectivity index is 1.12. The zero-order valence-corrected chi connectivity index (χ0v) is 28.0. The molecule has 15 heteroatoms. The number of nitrogens with one attached hydrogen (secondary N) is 3. The molecule has 50 heavy (non-hydrogen) atoms. The van der Waals surface area contributed by atoms with Gasteiger partial charge in [0.25, 0.3) is 5.56 Å². The molecule has 0 unspecified atom stereocenters. The van der Waals surface area contributed by atoms with Crippen molar-refractivity contribution in [3.05, 3.63) is 50.8 Å². The number of pyridine rings is 2. The largest absolute Gasteiger partial charge is 0.465 e. The predicted octanol–water partition coefficient (Wildman–Crippen LogP) is 1.90. The van der Waals surface area contributed by atoms with E-state index in [1.165, 1.54) is 0 Å². The number of esters is 1. The van der Waals surface area contributed by atoms with Crippen LogP contribution in [0.3, 0.4) is 0 Å². The smallest absolute Gasteiger partial charge is 0.405 e. The van der Waals surface area contributed by atoms with Gasteiger partial charge in [-0.05, 0) is 56.2 Å². The number of carboxylic acid groups (broad SMARTS) is 1. The Morgan fingerprint density at radius 2 is 1.68 bits per heavy atom. The number of aromatic nitrogens is 2. The molecule has 3 fully saturated rings. The number of fused-ring (bicyclic) bond motifs is 6. The molecule has 3 aliphatic carbocycles. The lowest BCUT2D eigenvalue weighted by molar-refractivity contribution is -0.172. The highest BCUT2D eigenvalue weighted by molar-refractivity contribution is 5.94. The van der Waals surface area contributed by atoms with E-state index in [1.54, 1.807) is 38.3 Å². The fourth-order valence-corrected chi connectivity index (χ4v) is 8.67. The van der Waals surface area contributed by atoms with Gasteiger partial charge in [0.2, 0.25) is 18.6 Å². The van der Waals surface area contributed by atoms with Crippen LogP contribution in [-0.2, 0) is 43.3 Å². The van der Waals surface area contributed by atoms with Gasteiger partial charge in [0.05, 0.1) is 29.0 Å². The van der Waals surface area contributed by atoms with Crippen LogP contribution in [0.25, 0.3) is 22.3 Å². The van der Waals surface area contributed by atoms with E-state index in [4.69, 9.17) is 24.3 Å². The molecule has 0 spiro atoms. The second-order valence-corrected chi connectivity index (χ2v) is 14.6. The fraction of sp³-hybridized carbons (Fsp3) is 0.486. The molecule has 3 atom stereocenters. The van der Waals surface area contributed by atoms with Crippen molar-refractivity contribution >= 4 is 34.8 Å². The van der Waals surface area contributed by atoms with Crippen LogP contribution in [0.4, 0.5) is 4.79 Å². The number of rotatable bonds is 8. The minimum Gasteiger partial charge on any atom is -0.465 e. The van der Waals surface area contributed by atoms with Crippen LogP contribution in [-0.4, -0.2) is 68.1 Å². The molecule has 2 aromatic heterocycles. The molecule has 3 saturated carbocycles. The molecular weight excluding hydrogens is 650 g/mol. The zero-order valence-electron chi connectivity index (χ0n) is 28.0. The van der Waals surface area contributed by atoms with E-state index < -0.39 is 41.2 Å². The van der Waals surface area contributed by atoms with E-state index >= 15 is 0 Å². The van der Waals surface area contributed by atoms with Crippen molar-refractivity contribution in [2.24, 2.45) is 5.92 Å². The Labute approximate surface area is 285 Å². The maximum atomic E-state index is 13.9. The molecule has 0 saturated heterocycles. The molecule has 5 heterocycles. The summed E-state index contributed by atoms with van der Waals surface area (Å²) in [6, 6.07) is 3.51. The van der Waals surface area contributed by atoms with Gasteiger partial charge in [-0.1, -0.05) is 20.8 Å². The average molecular weight is 688 g/mol. The normalized spacial score (nSPS) is 26.1. The Kier molecular flexibility index (Phi) is 6.83. The molecule has 3 amide bonds. The summed E-state index contributed by atoms with van der Waals surface area (Å²) in [7, 11) is 0. The van der Waals surface area contributed by atoms with Crippen LogP contribution < -0.4 is 31.0 Å². The lowest BCUT2D eigenvalue weighted by atomic mass is 9.37. The second kappa shape index (κ2) is 10.7. The van der Waals surface area contributed by atoms with Crippen LogP contribution in [0.2, 0.25) is 0 Å². The number of ether oxygens (including phenoxy) is 3. The molecule has 15 nitrogen and oxygen atoms in total. The maximum Gasteiger partial charge on any atom is 0.405 e. The first kappa shape index (κ1) is 32.0. The third-order valence-corrected chi connectivity index (χ3v) is 11.1. The quantitative estimate of drug-likeness (QED) is 0.169. The van der Waals surface area contributed by atoms with Gasteiger partial charge in [-0.3, -0.25) is 14.4 Å². The van der Waals surface area contributed by atoms with Gasteiger partial charge in [0.1, 0.15) is 18.7 Å². The standard InChI is InChI=1S/C35H37N5O10/c1-5-35(47)20-7-22-27-18(9-40(22)30(43)19(20)10-48-31(35)44)25(17-6-23-24(50-14-49-23)8-21(17)37-27)33-11-34(12-33,13-33)39-28(41)16(4)36-29(42)26(15(2)3)38-32(45)46/h6-8,15-16,26,38,47H,5,9-14H2,1-4H3,(H,36,42)(H,39,41)(H,45,46)/t16-,26-,33?,34?,35-/m0/s1. The topological polar surface area (TPSA) is 207 Å². The van der Waals surface area contributed by atoms with Crippen molar-refractivity contribution in [2.45, 2.75) is 95.2 Å². The fourth-order valence-electron chi connectivity index (χ4n) is 8.67. The van der Waals surface area contributed by atoms with E-state index in [-0.39, 0.29) is 60.3 Å². The van der Waals surface area contributed by atoms with Crippen molar-refractivity contribution in [2.75, 3.05) is 6.79 Å². The summed E-state index contributed by atoms with van der Waals surface area (Å²) < 4.78 is 18.2. The van der Waals surface area contributed by atoms with Crippen molar-refractivity contribution in [1.29, 1.82) is 0 Å². The number of carbonyl (C=O) groups excluding carboxylic acids is 3. The number of nitrogens with zero attached hydrogens (tertiary/aromatic N) is 2. The molecule has 2 bridgehead atoms. The predicted molar refractivity (Wildman–Crippen MR) is 174 cm³/mol. The molecule has 262 valence electrons. The van der Waals surface area contributed by atoms with E-state index in [0.717, 1.165) is 16.5 Å². The number of carbonyl (C=O) groups is 4. The minimum absolute atomic E-state index is 0.0329. The SMILES string of the molecule is CC[C@@]1(O)C(=O)OCc2c1cc1n(c2=O)Cc2c-1nc1cc3c(cc1c2C12CC(NC(=O)[C@H](C)NC(=O)[C@@H](NC(=O)O)C(C)C)(C1)C2)OCO3. The monoisotopic (exact) mass is 687 g/mol. The number of cyclic esters (lactones) is 1. The number of hydrogen-bond acceptors (Lipinski definition) is 10. The van der Waals surface area contributed by atoms with Gasteiger partial charge >= 0.3 is 12.1 Å². The van der Waals surface area contributed by atoms with Crippen LogP contribution in [0.15, 0.2) is 23.0 Å². The first-order valence-corrected chi connectivity index (χ1v) is 16.7. The summed E-state index contributed by atoms with van der Waals surface area (Å²) in [5, 5.41) is 29.3. The first-order chi connectivity index (χ1) is 23.7. The Morgan fingerprint density at radius 3 is 2.34 bits per heavy atom. The number of benzene rings is 1. The second-order valence-electron chi connectivity index (χ2n) is 14.6. The minimum atomic E-state index is -1.95. The highest BCUT2D eigenvalue weighted by Crippen LogP contribution is 2.70. The van der Waals surface area contributed by atoms with E-state index in [1.807, 2.05) is 12.1 Å². The van der Waals surface area contributed by atoms with Crippen LogP contribution in [0, 0.1) is 5.92 Å². The Hall–Kier alpha value is -5.18.